The summed E-state index contributed by atoms with van der Waals surface area (Å²) in [6, 6.07) is 29.7. The van der Waals surface area contributed by atoms with Crippen molar-refractivity contribution in [3.63, 3.8) is 0 Å². The maximum Gasteiger partial charge on any atom is 0.175 e. The van der Waals surface area contributed by atoms with Gasteiger partial charge in [-0.1, -0.05) is 84.6 Å². The van der Waals surface area contributed by atoms with Crippen LogP contribution in [0.15, 0.2) is 97.1 Å². The average molecular weight is 366 g/mol. The van der Waals surface area contributed by atoms with Crippen LogP contribution < -0.4 is 0 Å². The van der Waals surface area contributed by atoms with Crippen molar-refractivity contribution in [3.05, 3.63) is 120 Å². The molecule has 0 amide bonds. The van der Waals surface area contributed by atoms with E-state index in [1.54, 1.807) is 30.3 Å². The molecule has 0 aliphatic carbocycles. The molecule has 134 valence electrons. The molecule has 0 radical (unpaired) electrons. The maximum absolute atomic E-state index is 14.5. The van der Waals surface area contributed by atoms with E-state index in [4.69, 9.17) is 0 Å². The lowest BCUT2D eigenvalue weighted by Gasteiger charge is -2.05. The predicted molar refractivity (Wildman–Crippen MR) is 110 cm³/mol. The molecule has 0 nitrogen and oxygen atoms in total. The molecule has 0 saturated carbocycles. The lowest BCUT2D eigenvalue weighted by molar-refractivity contribution is 0.509. The van der Waals surface area contributed by atoms with Crippen molar-refractivity contribution in [2.75, 3.05) is 0 Å². The molecule has 0 fully saturated rings. The number of rotatable bonds is 2. The quantitative estimate of drug-likeness (QED) is 0.346. The van der Waals surface area contributed by atoms with E-state index in [1.165, 1.54) is 6.07 Å². The number of hydrogen-bond donors (Lipinski definition) is 0. The fourth-order valence-corrected chi connectivity index (χ4v) is 3.00. The fraction of sp³-hybridized carbons (Fsp3) is 0. The maximum atomic E-state index is 14.5. The van der Waals surface area contributed by atoms with Crippen molar-refractivity contribution >= 4 is 0 Å². The van der Waals surface area contributed by atoms with E-state index >= 15 is 0 Å². The van der Waals surface area contributed by atoms with Crippen molar-refractivity contribution in [1.29, 1.82) is 0 Å². The number of benzene rings is 4. The van der Waals surface area contributed by atoms with E-state index < -0.39 is 11.6 Å². The monoisotopic (exact) mass is 366 g/mol. The molecular formula is C26H16F2. The summed E-state index contributed by atoms with van der Waals surface area (Å²) >= 11 is 0. The first kappa shape index (κ1) is 17.7. The third kappa shape index (κ3) is 3.70. The third-order valence-electron chi connectivity index (χ3n) is 4.50. The summed E-state index contributed by atoms with van der Waals surface area (Å²) in [7, 11) is 0. The summed E-state index contributed by atoms with van der Waals surface area (Å²) in [5.74, 6) is 3.85. The Morgan fingerprint density at radius 1 is 0.464 bits per heavy atom. The first-order valence-corrected chi connectivity index (χ1v) is 8.93. The zero-order valence-corrected chi connectivity index (χ0v) is 15.0. The number of hydrogen-bond acceptors (Lipinski definition) is 0. The Bertz CT molecular complexity index is 1150. The Kier molecular flexibility index (Phi) is 4.99. The fourth-order valence-electron chi connectivity index (χ4n) is 3.00. The minimum atomic E-state index is -0.922. The molecule has 0 N–H and O–H groups in total. The van der Waals surface area contributed by atoms with Gasteiger partial charge >= 0.3 is 0 Å². The number of halogens is 2. The molecule has 4 rings (SSSR count). The molecule has 28 heavy (non-hydrogen) atoms. The highest BCUT2D eigenvalue weighted by molar-refractivity contribution is 5.66. The van der Waals surface area contributed by atoms with Gasteiger partial charge in [-0.25, -0.2) is 8.78 Å². The van der Waals surface area contributed by atoms with Crippen molar-refractivity contribution in [2.24, 2.45) is 0 Å². The first-order chi connectivity index (χ1) is 13.7. The SMILES string of the molecule is Fc1c(C#Cc2ccc(-c3ccccc3)cc2)ccc(-c2ccccc2)c1F. The van der Waals surface area contributed by atoms with Crippen LogP contribution in [0.2, 0.25) is 0 Å². The molecule has 0 aliphatic rings. The Hall–Kier alpha value is -3.70. The lowest BCUT2D eigenvalue weighted by Crippen LogP contribution is -1.94. The Morgan fingerprint density at radius 2 is 1.04 bits per heavy atom. The van der Waals surface area contributed by atoms with Crippen molar-refractivity contribution in [1.82, 2.24) is 0 Å². The van der Waals surface area contributed by atoms with E-state index in [-0.39, 0.29) is 11.1 Å². The topological polar surface area (TPSA) is 0 Å². The van der Waals surface area contributed by atoms with Crippen LogP contribution in [0, 0.1) is 23.5 Å². The van der Waals surface area contributed by atoms with Crippen LogP contribution in [-0.4, -0.2) is 0 Å². The van der Waals surface area contributed by atoms with E-state index in [9.17, 15) is 8.78 Å². The molecule has 0 spiro atoms. The van der Waals surface area contributed by atoms with Crippen LogP contribution in [0.25, 0.3) is 22.3 Å². The molecule has 0 saturated heterocycles. The molecule has 0 atom stereocenters. The lowest BCUT2D eigenvalue weighted by atomic mass is 10.0. The van der Waals surface area contributed by atoms with Crippen LogP contribution in [-0.2, 0) is 0 Å². The van der Waals surface area contributed by atoms with Gasteiger partial charge in [0.25, 0.3) is 0 Å². The second kappa shape index (κ2) is 7.90. The third-order valence-corrected chi connectivity index (χ3v) is 4.50. The Labute approximate surface area is 163 Å². The van der Waals surface area contributed by atoms with Crippen LogP contribution in [0.3, 0.4) is 0 Å². The van der Waals surface area contributed by atoms with Gasteiger partial charge in [-0.2, -0.15) is 0 Å². The average Bonchev–Trinajstić information content (AvgIpc) is 2.76. The Morgan fingerprint density at radius 3 is 1.68 bits per heavy atom. The van der Waals surface area contributed by atoms with E-state index in [2.05, 4.69) is 11.8 Å². The molecule has 2 heteroatoms. The smallest absolute Gasteiger partial charge is 0.175 e. The Balaban J connectivity index is 1.60. The summed E-state index contributed by atoms with van der Waals surface area (Å²) < 4.78 is 28.9. The normalized spacial score (nSPS) is 10.2. The van der Waals surface area contributed by atoms with Crippen molar-refractivity contribution in [3.8, 4) is 34.1 Å². The van der Waals surface area contributed by atoms with Gasteiger partial charge in [0.05, 0.1) is 5.56 Å². The summed E-state index contributed by atoms with van der Waals surface area (Å²) in [6.07, 6.45) is 0. The second-order valence-electron chi connectivity index (χ2n) is 6.35. The van der Waals surface area contributed by atoms with Crippen LogP contribution in [0.4, 0.5) is 8.78 Å². The van der Waals surface area contributed by atoms with Gasteiger partial charge < -0.3 is 0 Å². The van der Waals surface area contributed by atoms with Crippen molar-refractivity contribution in [2.45, 2.75) is 0 Å². The van der Waals surface area contributed by atoms with Crippen LogP contribution >= 0.6 is 0 Å². The molecule has 4 aromatic carbocycles. The highest BCUT2D eigenvalue weighted by Crippen LogP contribution is 2.26. The van der Waals surface area contributed by atoms with Gasteiger partial charge in [0.1, 0.15) is 0 Å². The van der Waals surface area contributed by atoms with Crippen LogP contribution in [0.5, 0.6) is 0 Å². The summed E-state index contributed by atoms with van der Waals surface area (Å²) in [5, 5.41) is 0. The molecule has 4 aromatic rings. The zero-order chi connectivity index (χ0) is 19.3. The second-order valence-corrected chi connectivity index (χ2v) is 6.35. The standard InChI is InChI=1S/C26H16F2/c27-25-23(17-18-24(26(25)28)22-9-5-2-6-10-22)16-13-19-11-14-21(15-12-19)20-7-3-1-4-8-20/h1-12,14-15,17-18H. The van der Waals surface area contributed by atoms with Gasteiger partial charge in [-0.15, -0.1) is 0 Å². The van der Waals surface area contributed by atoms with E-state index in [1.807, 2.05) is 60.7 Å². The molecular weight excluding hydrogens is 350 g/mol. The molecule has 0 heterocycles. The summed E-state index contributed by atoms with van der Waals surface area (Å²) in [6.45, 7) is 0. The first-order valence-electron chi connectivity index (χ1n) is 8.93. The molecule has 0 aromatic heterocycles. The largest absolute Gasteiger partial charge is 0.203 e. The summed E-state index contributed by atoms with van der Waals surface area (Å²) in [5.41, 5.74) is 3.85. The molecule has 0 unspecified atom stereocenters. The van der Waals surface area contributed by atoms with E-state index in [0.29, 0.717) is 5.56 Å². The van der Waals surface area contributed by atoms with Gasteiger partial charge in [-0.05, 0) is 41.0 Å². The highest BCUT2D eigenvalue weighted by Gasteiger charge is 2.13. The molecule has 0 bridgehead atoms. The zero-order valence-electron chi connectivity index (χ0n) is 15.0. The van der Waals surface area contributed by atoms with Gasteiger partial charge in [-0.3, -0.25) is 0 Å². The van der Waals surface area contributed by atoms with E-state index in [0.717, 1.165) is 16.7 Å². The minimum Gasteiger partial charge on any atom is -0.203 e. The molecule has 0 aliphatic heterocycles. The minimum absolute atomic E-state index is 0.0457. The predicted octanol–water partition coefficient (Wildman–Crippen LogP) is 6.70. The highest BCUT2D eigenvalue weighted by atomic mass is 19.2. The van der Waals surface area contributed by atoms with Crippen molar-refractivity contribution < 1.29 is 8.78 Å². The van der Waals surface area contributed by atoms with Gasteiger partial charge in [0.2, 0.25) is 0 Å². The summed E-state index contributed by atoms with van der Waals surface area (Å²) in [4.78, 5) is 0. The van der Waals surface area contributed by atoms with Crippen LogP contribution in [0.1, 0.15) is 11.1 Å². The van der Waals surface area contributed by atoms with Gasteiger partial charge in [0, 0.05) is 11.1 Å². The van der Waals surface area contributed by atoms with Gasteiger partial charge in [0.15, 0.2) is 11.6 Å².